The predicted molar refractivity (Wildman–Crippen MR) is 72.0 cm³/mol. The number of aromatic nitrogens is 2. The summed E-state index contributed by atoms with van der Waals surface area (Å²) in [5, 5.41) is 3.59. The topological polar surface area (TPSA) is 57.8 Å². The summed E-state index contributed by atoms with van der Waals surface area (Å²) < 4.78 is 0.345. The molecule has 2 N–H and O–H groups in total. The number of hydrogen-bond donors (Lipinski definition) is 2. The minimum atomic E-state index is -0.244. The number of rotatable bonds is 2. The van der Waals surface area contributed by atoms with Crippen LogP contribution >= 0.6 is 27.5 Å². The first-order valence-corrected chi connectivity index (χ1v) is 6.01. The van der Waals surface area contributed by atoms with E-state index in [0.29, 0.717) is 21.0 Å². The quantitative estimate of drug-likeness (QED) is 0.894. The van der Waals surface area contributed by atoms with Crippen LogP contribution in [0, 0.1) is 6.92 Å². The van der Waals surface area contributed by atoms with E-state index < -0.39 is 0 Å². The Morgan fingerprint density at radius 1 is 1.47 bits per heavy atom. The van der Waals surface area contributed by atoms with Crippen LogP contribution in [0.3, 0.4) is 0 Å². The number of aryl methyl sites for hydroxylation is 1. The maximum atomic E-state index is 11.4. The van der Waals surface area contributed by atoms with Gasteiger partial charge in [0.15, 0.2) is 5.82 Å². The zero-order valence-electron chi connectivity index (χ0n) is 8.92. The van der Waals surface area contributed by atoms with Crippen molar-refractivity contribution >= 4 is 39.0 Å². The van der Waals surface area contributed by atoms with Crippen LogP contribution in [0.15, 0.2) is 33.8 Å². The zero-order valence-corrected chi connectivity index (χ0v) is 11.3. The molecule has 6 heteroatoms. The summed E-state index contributed by atoms with van der Waals surface area (Å²) >= 11 is 9.22. The lowest BCUT2D eigenvalue weighted by molar-refractivity contribution is 1.10. The highest BCUT2D eigenvalue weighted by Crippen LogP contribution is 2.27. The van der Waals surface area contributed by atoms with Gasteiger partial charge in [-0.2, -0.15) is 0 Å². The second kappa shape index (κ2) is 4.89. The molecular weight excluding hydrogens is 305 g/mol. The molecule has 0 saturated heterocycles. The summed E-state index contributed by atoms with van der Waals surface area (Å²) in [6.07, 6.45) is 1.33. The van der Waals surface area contributed by atoms with Gasteiger partial charge in [0.25, 0.3) is 5.56 Å². The normalized spacial score (nSPS) is 10.3. The van der Waals surface area contributed by atoms with E-state index in [1.54, 1.807) is 6.07 Å². The Morgan fingerprint density at radius 3 is 3.00 bits per heavy atom. The van der Waals surface area contributed by atoms with Crippen LogP contribution in [0.5, 0.6) is 0 Å². The van der Waals surface area contributed by atoms with Gasteiger partial charge in [0.05, 0.1) is 17.0 Å². The van der Waals surface area contributed by atoms with Gasteiger partial charge in [-0.3, -0.25) is 4.79 Å². The van der Waals surface area contributed by atoms with Crippen molar-refractivity contribution < 1.29 is 0 Å². The van der Waals surface area contributed by atoms with Crippen molar-refractivity contribution in [1.82, 2.24) is 9.97 Å². The van der Waals surface area contributed by atoms with Crippen molar-refractivity contribution in [1.29, 1.82) is 0 Å². The van der Waals surface area contributed by atoms with E-state index in [9.17, 15) is 4.79 Å². The molecule has 0 bridgehead atoms. The third kappa shape index (κ3) is 2.68. The number of anilines is 2. The van der Waals surface area contributed by atoms with Crippen molar-refractivity contribution in [3.05, 3.63) is 49.9 Å². The minimum absolute atomic E-state index is 0.244. The summed E-state index contributed by atoms with van der Waals surface area (Å²) in [5.74, 6) is 0.432. The van der Waals surface area contributed by atoms with Crippen LogP contribution in [-0.2, 0) is 0 Å². The number of nitrogens with one attached hydrogen (secondary N) is 2. The fourth-order valence-electron chi connectivity index (χ4n) is 1.33. The van der Waals surface area contributed by atoms with Gasteiger partial charge >= 0.3 is 0 Å². The van der Waals surface area contributed by atoms with Gasteiger partial charge in [0.1, 0.15) is 4.47 Å². The molecule has 0 radical (unpaired) electrons. The number of hydrogen-bond acceptors (Lipinski definition) is 3. The second-order valence-electron chi connectivity index (χ2n) is 3.50. The van der Waals surface area contributed by atoms with Gasteiger partial charge in [-0.25, -0.2) is 4.98 Å². The average molecular weight is 315 g/mol. The lowest BCUT2D eigenvalue weighted by atomic mass is 10.2. The van der Waals surface area contributed by atoms with E-state index in [1.165, 1.54) is 6.33 Å². The number of benzene rings is 1. The molecule has 0 unspecified atom stereocenters. The predicted octanol–water partition coefficient (Wildman–Crippen LogP) is 3.24. The fourth-order valence-corrected chi connectivity index (χ4v) is 1.81. The molecule has 0 saturated carbocycles. The van der Waals surface area contributed by atoms with E-state index in [-0.39, 0.29) is 5.56 Å². The number of aromatic amines is 1. The number of H-pyrrole nitrogens is 1. The maximum absolute atomic E-state index is 11.4. The first-order valence-electron chi connectivity index (χ1n) is 4.84. The Kier molecular flexibility index (Phi) is 3.49. The molecule has 0 atom stereocenters. The van der Waals surface area contributed by atoms with Gasteiger partial charge in [0, 0.05) is 0 Å². The van der Waals surface area contributed by atoms with E-state index >= 15 is 0 Å². The molecule has 0 aliphatic carbocycles. The monoisotopic (exact) mass is 313 g/mol. The third-order valence-electron chi connectivity index (χ3n) is 2.17. The van der Waals surface area contributed by atoms with Crippen LogP contribution in [0.1, 0.15) is 5.56 Å². The minimum Gasteiger partial charge on any atom is -0.338 e. The third-order valence-corrected chi connectivity index (χ3v) is 3.24. The molecule has 88 valence electrons. The Balaban J connectivity index is 2.41. The van der Waals surface area contributed by atoms with Crippen LogP contribution in [0.2, 0.25) is 5.02 Å². The van der Waals surface area contributed by atoms with Crippen molar-refractivity contribution in [2.75, 3.05) is 5.32 Å². The average Bonchev–Trinajstić information content (AvgIpc) is 2.30. The van der Waals surface area contributed by atoms with Gasteiger partial charge in [-0.05, 0) is 40.5 Å². The van der Waals surface area contributed by atoms with Gasteiger partial charge in [-0.15, -0.1) is 0 Å². The number of nitrogens with zero attached hydrogens (tertiary/aromatic N) is 1. The molecule has 2 rings (SSSR count). The molecule has 0 fully saturated rings. The lowest BCUT2D eigenvalue weighted by Gasteiger charge is -2.09. The van der Waals surface area contributed by atoms with E-state index in [0.717, 1.165) is 5.56 Å². The number of halogens is 2. The fraction of sp³-hybridized carbons (Fsp3) is 0.0909. The highest BCUT2D eigenvalue weighted by molar-refractivity contribution is 9.10. The van der Waals surface area contributed by atoms with E-state index in [4.69, 9.17) is 11.6 Å². The maximum Gasteiger partial charge on any atom is 0.267 e. The molecule has 1 aromatic carbocycles. The van der Waals surface area contributed by atoms with Crippen molar-refractivity contribution in [3.8, 4) is 0 Å². The second-order valence-corrected chi connectivity index (χ2v) is 4.70. The van der Waals surface area contributed by atoms with E-state index in [2.05, 4.69) is 31.2 Å². The molecule has 0 spiro atoms. The molecule has 17 heavy (non-hydrogen) atoms. The zero-order chi connectivity index (χ0) is 12.4. The molecule has 2 aromatic rings. The van der Waals surface area contributed by atoms with Crippen LogP contribution < -0.4 is 10.9 Å². The largest absolute Gasteiger partial charge is 0.338 e. The summed E-state index contributed by atoms with van der Waals surface area (Å²) in [7, 11) is 0. The van der Waals surface area contributed by atoms with Crippen LogP contribution in [-0.4, -0.2) is 9.97 Å². The van der Waals surface area contributed by atoms with Gasteiger partial charge < -0.3 is 10.3 Å². The lowest BCUT2D eigenvalue weighted by Crippen LogP contribution is -2.10. The standard InChI is InChI=1S/C11H9BrClN3O/c1-6-2-3-7(13)8(4-6)16-10-9(12)11(17)15-5-14-10/h2-5H,1H3,(H2,14,15,16,17). The Labute approximate surface area is 111 Å². The Morgan fingerprint density at radius 2 is 2.24 bits per heavy atom. The Bertz CT molecular complexity index is 612. The van der Waals surface area contributed by atoms with Crippen molar-refractivity contribution in [3.63, 3.8) is 0 Å². The highest BCUT2D eigenvalue weighted by Gasteiger charge is 2.07. The first-order chi connectivity index (χ1) is 8.08. The summed E-state index contributed by atoms with van der Waals surface area (Å²) in [5.41, 5.74) is 1.54. The van der Waals surface area contributed by atoms with Gasteiger partial charge in [-0.1, -0.05) is 17.7 Å². The molecule has 0 aliphatic heterocycles. The Hall–Kier alpha value is -1.33. The van der Waals surface area contributed by atoms with Crippen molar-refractivity contribution in [2.45, 2.75) is 6.92 Å². The molecule has 4 nitrogen and oxygen atoms in total. The summed E-state index contributed by atoms with van der Waals surface area (Å²) in [6.45, 7) is 1.96. The van der Waals surface area contributed by atoms with Crippen LogP contribution in [0.25, 0.3) is 0 Å². The summed E-state index contributed by atoms with van der Waals surface area (Å²) in [4.78, 5) is 17.9. The first kappa shape index (κ1) is 12.1. The molecule has 0 aliphatic rings. The van der Waals surface area contributed by atoms with Crippen LogP contribution in [0.4, 0.5) is 11.5 Å². The summed E-state index contributed by atoms with van der Waals surface area (Å²) in [6, 6.07) is 5.59. The molecule has 0 amide bonds. The smallest absolute Gasteiger partial charge is 0.267 e. The molecular formula is C11H9BrClN3O. The van der Waals surface area contributed by atoms with E-state index in [1.807, 2.05) is 19.1 Å². The van der Waals surface area contributed by atoms with Gasteiger partial charge in [0.2, 0.25) is 0 Å². The molecule has 1 aromatic heterocycles. The highest BCUT2D eigenvalue weighted by atomic mass is 79.9. The SMILES string of the molecule is Cc1ccc(Cl)c(Nc2nc[nH]c(=O)c2Br)c1. The molecule has 1 heterocycles. The van der Waals surface area contributed by atoms with Crippen molar-refractivity contribution in [2.24, 2.45) is 0 Å².